The van der Waals surface area contributed by atoms with Crippen LogP contribution in [0.4, 0.5) is 13.2 Å². The topological polar surface area (TPSA) is 111 Å². The average Bonchev–Trinajstić information content (AvgIpc) is 3.53. The summed E-state index contributed by atoms with van der Waals surface area (Å²) in [6.45, 7) is 3.41. The zero-order chi connectivity index (χ0) is 29.9. The van der Waals surface area contributed by atoms with E-state index in [1.165, 1.54) is 18.2 Å². The highest BCUT2D eigenvalue weighted by Gasteiger charge is 2.38. The monoisotopic (exact) mass is 572 g/mol. The van der Waals surface area contributed by atoms with E-state index in [1.54, 1.807) is 0 Å². The number of aromatic nitrogens is 2. The summed E-state index contributed by atoms with van der Waals surface area (Å²) in [5.41, 5.74) is 8.70. The lowest BCUT2D eigenvalue weighted by Crippen LogP contribution is -2.31. The van der Waals surface area contributed by atoms with Gasteiger partial charge < -0.3 is 25.0 Å². The van der Waals surface area contributed by atoms with Gasteiger partial charge in [0.1, 0.15) is 11.6 Å². The molecule has 3 N–H and O–H groups in total. The molecule has 220 valence electrons. The highest BCUT2D eigenvalue weighted by Crippen LogP contribution is 2.33. The van der Waals surface area contributed by atoms with E-state index in [2.05, 4.69) is 0 Å². The molecular weight excluding hydrogens is 537 g/mol. The number of hydrogen-bond donors (Lipinski definition) is 2. The summed E-state index contributed by atoms with van der Waals surface area (Å²) in [7, 11) is 1.90. The van der Waals surface area contributed by atoms with Gasteiger partial charge in [0.15, 0.2) is 6.10 Å². The van der Waals surface area contributed by atoms with Crippen LogP contribution in [0, 0.1) is 0 Å². The maximum atomic E-state index is 13.1. The maximum Gasteiger partial charge on any atom is 0.425 e. The number of ether oxygens (including phenoxy) is 1. The molecule has 41 heavy (non-hydrogen) atoms. The largest absolute Gasteiger partial charge is 0.481 e. The Bertz CT molecular complexity index is 1390. The number of aryl methyl sites for hydroxylation is 1. The molecule has 1 saturated heterocycles. The van der Waals surface area contributed by atoms with Gasteiger partial charge in [-0.1, -0.05) is 24.3 Å². The molecule has 3 atom stereocenters. The number of likely N-dealkylation sites (tertiary alicyclic amines) is 1. The Morgan fingerprint density at radius 3 is 2.46 bits per heavy atom. The van der Waals surface area contributed by atoms with Gasteiger partial charge in [-0.3, -0.25) is 9.59 Å². The highest BCUT2D eigenvalue weighted by molar-refractivity contribution is 5.94. The summed E-state index contributed by atoms with van der Waals surface area (Å²) in [6, 6.07) is 11.6. The van der Waals surface area contributed by atoms with Crippen molar-refractivity contribution in [3.63, 3.8) is 0 Å². The number of primary amides is 1. The minimum absolute atomic E-state index is 0.0380. The Balaban J connectivity index is 1.56. The number of nitrogens with two attached hydrogens (primary N) is 1. The second kappa shape index (κ2) is 12.3. The molecule has 2 heterocycles. The number of aliphatic hydroxyl groups is 1. The van der Waals surface area contributed by atoms with Crippen LogP contribution in [0.15, 0.2) is 48.7 Å². The third kappa shape index (κ3) is 6.90. The Kier molecular flexibility index (Phi) is 9.06. The molecule has 0 saturated carbocycles. The predicted molar refractivity (Wildman–Crippen MR) is 147 cm³/mol. The third-order valence-electron chi connectivity index (χ3n) is 7.57. The third-order valence-corrected chi connectivity index (χ3v) is 7.57. The summed E-state index contributed by atoms with van der Waals surface area (Å²) in [5.74, 6) is -0.231. The Labute approximate surface area is 236 Å². The van der Waals surface area contributed by atoms with Crippen molar-refractivity contribution in [2.24, 2.45) is 12.8 Å². The number of carbonyl (C=O) groups is 2. The molecular formula is C30H35F3N4O4. The van der Waals surface area contributed by atoms with Gasteiger partial charge in [0.2, 0.25) is 11.8 Å². The number of benzene rings is 2. The molecule has 0 aliphatic carbocycles. The fraction of sp³-hybridized carbons (Fsp3) is 0.433. The smallest absolute Gasteiger partial charge is 0.425 e. The van der Waals surface area contributed by atoms with E-state index in [9.17, 15) is 27.9 Å². The number of halogens is 3. The minimum atomic E-state index is -4.55. The normalized spacial score (nSPS) is 16.1. The van der Waals surface area contributed by atoms with Gasteiger partial charge in [0, 0.05) is 43.9 Å². The number of rotatable bonds is 11. The van der Waals surface area contributed by atoms with Crippen LogP contribution in [-0.2, 0) is 18.3 Å². The van der Waals surface area contributed by atoms with Crippen molar-refractivity contribution in [1.82, 2.24) is 14.5 Å². The SMILES string of the molecule is CC(Oc1ccc(C(N)=O)c([C@H](CCO)Cc2ccc(-c3cn(C)c([C@@H](C)N4CCCC4=O)n3)cc2)c1)C(F)(F)F. The summed E-state index contributed by atoms with van der Waals surface area (Å²) in [4.78, 5) is 31.0. The molecule has 3 aromatic rings. The second-order valence-corrected chi connectivity index (χ2v) is 10.5. The van der Waals surface area contributed by atoms with E-state index in [-0.39, 0.29) is 36.3 Å². The highest BCUT2D eigenvalue weighted by atomic mass is 19.4. The van der Waals surface area contributed by atoms with Crippen molar-refractivity contribution in [3.05, 3.63) is 71.2 Å². The zero-order valence-corrected chi connectivity index (χ0v) is 23.3. The summed E-state index contributed by atoms with van der Waals surface area (Å²) >= 11 is 0. The minimum Gasteiger partial charge on any atom is -0.481 e. The first-order valence-electron chi connectivity index (χ1n) is 13.6. The molecule has 1 aromatic heterocycles. The van der Waals surface area contributed by atoms with Crippen molar-refractivity contribution in [2.45, 2.75) is 63.8 Å². The number of aliphatic hydroxyl groups excluding tert-OH is 1. The average molecular weight is 573 g/mol. The van der Waals surface area contributed by atoms with Crippen molar-refractivity contribution >= 4 is 11.8 Å². The molecule has 1 unspecified atom stereocenters. The van der Waals surface area contributed by atoms with E-state index >= 15 is 0 Å². The molecule has 1 fully saturated rings. The van der Waals surface area contributed by atoms with Crippen LogP contribution in [0.5, 0.6) is 5.75 Å². The predicted octanol–water partition coefficient (Wildman–Crippen LogP) is 4.91. The quantitative estimate of drug-likeness (QED) is 0.339. The van der Waals surface area contributed by atoms with Crippen molar-refractivity contribution in [1.29, 1.82) is 0 Å². The lowest BCUT2D eigenvalue weighted by molar-refractivity contribution is -0.189. The first-order valence-corrected chi connectivity index (χ1v) is 13.6. The van der Waals surface area contributed by atoms with Gasteiger partial charge in [-0.05, 0) is 68.4 Å². The lowest BCUT2D eigenvalue weighted by atomic mass is 9.86. The molecule has 8 nitrogen and oxygen atoms in total. The molecule has 1 aliphatic rings. The molecule has 0 radical (unpaired) electrons. The number of imidazole rings is 1. The summed E-state index contributed by atoms with van der Waals surface area (Å²) in [5, 5.41) is 9.76. The van der Waals surface area contributed by atoms with Crippen LogP contribution in [-0.4, -0.2) is 56.8 Å². The van der Waals surface area contributed by atoms with Crippen molar-refractivity contribution < 1.29 is 32.6 Å². The van der Waals surface area contributed by atoms with E-state index in [0.29, 0.717) is 18.4 Å². The molecule has 2 aromatic carbocycles. The fourth-order valence-electron chi connectivity index (χ4n) is 5.29. The molecule has 1 aliphatic heterocycles. The van der Waals surface area contributed by atoms with Crippen LogP contribution in [0.3, 0.4) is 0 Å². The first kappa shape index (κ1) is 30.1. The van der Waals surface area contributed by atoms with Gasteiger partial charge in [-0.25, -0.2) is 4.98 Å². The van der Waals surface area contributed by atoms with Gasteiger partial charge in [-0.2, -0.15) is 13.2 Å². The number of nitrogens with zero attached hydrogens (tertiary/aromatic N) is 3. The Morgan fingerprint density at radius 1 is 1.17 bits per heavy atom. The van der Waals surface area contributed by atoms with E-state index in [0.717, 1.165) is 42.5 Å². The van der Waals surface area contributed by atoms with E-state index in [1.807, 2.05) is 53.9 Å². The van der Waals surface area contributed by atoms with Crippen molar-refractivity contribution in [3.8, 4) is 17.0 Å². The maximum absolute atomic E-state index is 13.1. The standard InChI is InChI=1S/C30H35F3N4O4/c1-18(37-13-4-5-27(37)39)29-35-26(17-36(29)3)21-8-6-20(7-9-21)15-22(12-14-38)25-16-23(10-11-24(25)28(34)40)41-19(2)30(31,32)33/h6-11,16-19,22,38H,4-5,12-15H2,1-3H3,(H2,34,40)/t18-,19?,22-/m1/s1. The number of alkyl halides is 3. The van der Waals surface area contributed by atoms with E-state index < -0.39 is 24.1 Å². The van der Waals surface area contributed by atoms with Crippen molar-refractivity contribution in [2.75, 3.05) is 13.2 Å². The first-order chi connectivity index (χ1) is 19.4. The van der Waals surface area contributed by atoms with Crippen LogP contribution in [0.25, 0.3) is 11.3 Å². The molecule has 4 rings (SSSR count). The Morgan fingerprint density at radius 2 is 1.88 bits per heavy atom. The van der Waals surface area contributed by atoms with E-state index in [4.69, 9.17) is 15.5 Å². The lowest BCUT2D eigenvalue weighted by Gasteiger charge is -2.23. The second-order valence-electron chi connectivity index (χ2n) is 10.5. The number of amides is 2. The number of carbonyl (C=O) groups excluding carboxylic acids is 2. The fourth-order valence-corrected chi connectivity index (χ4v) is 5.29. The summed E-state index contributed by atoms with van der Waals surface area (Å²) < 4.78 is 46.2. The van der Waals surface area contributed by atoms with Gasteiger partial charge in [0.25, 0.3) is 0 Å². The van der Waals surface area contributed by atoms with Gasteiger partial charge >= 0.3 is 6.18 Å². The molecule has 2 amide bonds. The molecule has 0 bridgehead atoms. The van der Waals surface area contributed by atoms with Crippen LogP contribution >= 0.6 is 0 Å². The summed E-state index contributed by atoms with van der Waals surface area (Å²) in [6.07, 6.45) is -2.59. The Hall–Kier alpha value is -3.86. The number of hydrogen-bond acceptors (Lipinski definition) is 5. The van der Waals surface area contributed by atoms with Crippen LogP contribution in [0.2, 0.25) is 0 Å². The molecule has 0 spiro atoms. The zero-order valence-electron chi connectivity index (χ0n) is 23.3. The van der Waals surface area contributed by atoms with Gasteiger partial charge in [0.05, 0.1) is 11.7 Å². The van der Waals surface area contributed by atoms with Crippen LogP contribution < -0.4 is 10.5 Å². The molecule has 11 heteroatoms. The van der Waals surface area contributed by atoms with Gasteiger partial charge in [-0.15, -0.1) is 0 Å². The van der Waals surface area contributed by atoms with Crippen LogP contribution in [0.1, 0.15) is 72.4 Å².